The second kappa shape index (κ2) is 4.35. The maximum atomic E-state index is 11.0. The van der Waals surface area contributed by atoms with Gasteiger partial charge in [0.15, 0.2) is 0 Å². The lowest BCUT2D eigenvalue weighted by atomic mass is 9.98. The molecule has 0 aromatic carbocycles. The number of nitrogens with zero attached hydrogens (tertiary/aromatic N) is 1. The summed E-state index contributed by atoms with van der Waals surface area (Å²) in [5.41, 5.74) is 1.12. The highest BCUT2D eigenvalue weighted by molar-refractivity contribution is 6.02. The van der Waals surface area contributed by atoms with Gasteiger partial charge in [0, 0.05) is 43.8 Å². The number of carbonyl (C=O) groups excluding carboxylic acids is 1. The van der Waals surface area contributed by atoms with E-state index in [1.807, 2.05) is 0 Å². The maximum Gasteiger partial charge on any atom is 0.219 e. The molecule has 0 aromatic heterocycles. The summed E-state index contributed by atoms with van der Waals surface area (Å²) in [6.45, 7) is 4.71. The van der Waals surface area contributed by atoms with Crippen molar-refractivity contribution in [3.63, 3.8) is 0 Å². The van der Waals surface area contributed by atoms with Crippen molar-refractivity contribution in [3.05, 3.63) is 0 Å². The Kier molecular flexibility index (Phi) is 3.38. The normalized spacial score (nSPS) is 21.0. The average Bonchev–Trinajstić information content (AvgIpc) is 2.50. The smallest absolute Gasteiger partial charge is 0.219 e. The molecule has 2 N–H and O–H groups in total. The SMILES string of the molecule is CC(=N)CC(=N)C1CCN(C(C)=O)C1. The van der Waals surface area contributed by atoms with Crippen LogP contribution < -0.4 is 0 Å². The number of amides is 1. The van der Waals surface area contributed by atoms with E-state index in [2.05, 4.69) is 0 Å². The lowest BCUT2D eigenvalue weighted by molar-refractivity contribution is -0.127. The Morgan fingerprint density at radius 2 is 2.07 bits per heavy atom. The van der Waals surface area contributed by atoms with Gasteiger partial charge >= 0.3 is 0 Å². The van der Waals surface area contributed by atoms with Crippen LogP contribution in [0.3, 0.4) is 0 Å². The van der Waals surface area contributed by atoms with Crippen LogP contribution in [0.1, 0.15) is 26.7 Å². The minimum absolute atomic E-state index is 0.0897. The van der Waals surface area contributed by atoms with Gasteiger partial charge in [-0.05, 0) is 13.3 Å². The Morgan fingerprint density at radius 3 is 2.50 bits per heavy atom. The first kappa shape index (κ1) is 10.9. The van der Waals surface area contributed by atoms with E-state index in [-0.39, 0.29) is 11.8 Å². The van der Waals surface area contributed by atoms with E-state index in [1.54, 1.807) is 18.7 Å². The summed E-state index contributed by atoms with van der Waals surface area (Å²) in [6.07, 6.45) is 1.34. The fraction of sp³-hybridized carbons (Fsp3) is 0.700. The minimum atomic E-state index is 0.0897. The monoisotopic (exact) mass is 195 g/mol. The van der Waals surface area contributed by atoms with Gasteiger partial charge in [0.25, 0.3) is 0 Å². The van der Waals surface area contributed by atoms with E-state index in [4.69, 9.17) is 10.8 Å². The van der Waals surface area contributed by atoms with Crippen molar-refractivity contribution in [1.82, 2.24) is 4.90 Å². The molecule has 1 aliphatic rings. The van der Waals surface area contributed by atoms with Crippen molar-refractivity contribution in [2.45, 2.75) is 26.7 Å². The molecule has 0 aliphatic carbocycles. The molecular formula is C10H17N3O. The molecule has 4 nitrogen and oxygen atoms in total. The number of nitrogens with one attached hydrogen (secondary N) is 2. The van der Waals surface area contributed by atoms with Crippen molar-refractivity contribution in [1.29, 1.82) is 10.8 Å². The third kappa shape index (κ3) is 2.65. The van der Waals surface area contributed by atoms with E-state index in [0.29, 0.717) is 24.4 Å². The van der Waals surface area contributed by atoms with Crippen LogP contribution in [0.25, 0.3) is 0 Å². The molecule has 14 heavy (non-hydrogen) atoms. The first-order chi connectivity index (χ1) is 6.50. The Hall–Kier alpha value is -1.19. The molecule has 0 aromatic rings. The van der Waals surface area contributed by atoms with Crippen molar-refractivity contribution < 1.29 is 4.79 Å². The molecule has 1 fully saturated rings. The molecule has 1 aliphatic heterocycles. The van der Waals surface area contributed by atoms with Crippen LogP contribution in [-0.4, -0.2) is 35.3 Å². The average molecular weight is 195 g/mol. The molecule has 1 rings (SSSR count). The quantitative estimate of drug-likeness (QED) is 0.655. The zero-order chi connectivity index (χ0) is 10.7. The summed E-state index contributed by atoms with van der Waals surface area (Å²) >= 11 is 0. The highest BCUT2D eigenvalue weighted by atomic mass is 16.2. The van der Waals surface area contributed by atoms with Gasteiger partial charge in [-0.25, -0.2) is 0 Å². The lowest BCUT2D eigenvalue weighted by Gasteiger charge is -2.14. The van der Waals surface area contributed by atoms with Crippen molar-refractivity contribution in [3.8, 4) is 0 Å². The van der Waals surface area contributed by atoms with Crippen LogP contribution in [0.4, 0.5) is 0 Å². The zero-order valence-electron chi connectivity index (χ0n) is 8.76. The van der Waals surface area contributed by atoms with Crippen LogP contribution in [0, 0.1) is 16.7 Å². The molecule has 1 amide bonds. The summed E-state index contributed by atoms with van der Waals surface area (Å²) in [5.74, 6) is 0.270. The second-order valence-electron chi connectivity index (χ2n) is 3.93. The molecule has 0 radical (unpaired) electrons. The first-order valence-corrected chi connectivity index (χ1v) is 4.87. The molecule has 0 spiro atoms. The zero-order valence-corrected chi connectivity index (χ0v) is 8.76. The van der Waals surface area contributed by atoms with Gasteiger partial charge in [-0.2, -0.15) is 0 Å². The molecule has 0 bridgehead atoms. The molecule has 0 saturated carbocycles. The van der Waals surface area contributed by atoms with Gasteiger partial charge in [0.1, 0.15) is 0 Å². The highest BCUT2D eigenvalue weighted by Crippen LogP contribution is 2.18. The number of hydrogen-bond acceptors (Lipinski definition) is 3. The van der Waals surface area contributed by atoms with Gasteiger partial charge in [0.05, 0.1) is 0 Å². The summed E-state index contributed by atoms with van der Waals surface area (Å²) < 4.78 is 0. The van der Waals surface area contributed by atoms with Gasteiger partial charge in [-0.1, -0.05) is 0 Å². The molecule has 1 unspecified atom stereocenters. The maximum absolute atomic E-state index is 11.0. The predicted octanol–water partition coefficient (Wildman–Crippen LogP) is 1.30. The Balaban J connectivity index is 2.45. The van der Waals surface area contributed by atoms with E-state index >= 15 is 0 Å². The largest absolute Gasteiger partial charge is 0.342 e. The number of carbonyl (C=O) groups is 1. The van der Waals surface area contributed by atoms with Gasteiger partial charge < -0.3 is 15.7 Å². The van der Waals surface area contributed by atoms with E-state index in [9.17, 15) is 4.79 Å². The second-order valence-corrected chi connectivity index (χ2v) is 3.93. The van der Waals surface area contributed by atoms with Crippen molar-refractivity contribution in [2.75, 3.05) is 13.1 Å². The predicted molar refractivity (Wildman–Crippen MR) is 56.1 cm³/mol. The third-order valence-electron chi connectivity index (χ3n) is 2.58. The lowest BCUT2D eigenvalue weighted by Crippen LogP contribution is -2.27. The fourth-order valence-corrected chi connectivity index (χ4v) is 1.76. The summed E-state index contributed by atoms with van der Waals surface area (Å²) in [5, 5.41) is 15.1. The van der Waals surface area contributed by atoms with Crippen LogP contribution in [0.15, 0.2) is 0 Å². The molecule has 1 atom stereocenters. The molecular weight excluding hydrogens is 178 g/mol. The molecule has 1 heterocycles. The third-order valence-corrected chi connectivity index (χ3v) is 2.58. The van der Waals surface area contributed by atoms with Crippen LogP contribution in [0.5, 0.6) is 0 Å². The molecule has 78 valence electrons. The molecule has 1 saturated heterocycles. The molecule has 4 heteroatoms. The fourth-order valence-electron chi connectivity index (χ4n) is 1.76. The highest BCUT2D eigenvalue weighted by Gasteiger charge is 2.26. The number of hydrogen-bond donors (Lipinski definition) is 2. The summed E-state index contributed by atoms with van der Waals surface area (Å²) in [7, 11) is 0. The van der Waals surface area contributed by atoms with Gasteiger partial charge in [0.2, 0.25) is 5.91 Å². The Morgan fingerprint density at radius 1 is 1.43 bits per heavy atom. The van der Waals surface area contributed by atoms with E-state index < -0.39 is 0 Å². The van der Waals surface area contributed by atoms with Crippen LogP contribution in [-0.2, 0) is 4.79 Å². The summed E-state index contributed by atoms with van der Waals surface area (Å²) in [4.78, 5) is 12.8. The number of rotatable bonds is 3. The van der Waals surface area contributed by atoms with Crippen molar-refractivity contribution >= 4 is 17.3 Å². The Bertz CT molecular complexity index is 273. The Labute approximate surface area is 84.3 Å². The van der Waals surface area contributed by atoms with Crippen molar-refractivity contribution in [2.24, 2.45) is 5.92 Å². The van der Waals surface area contributed by atoms with E-state index in [0.717, 1.165) is 13.0 Å². The van der Waals surface area contributed by atoms with E-state index in [1.165, 1.54) is 0 Å². The topological polar surface area (TPSA) is 68.0 Å². The van der Waals surface area contributed by atoms with Gasteiger partial charge in [-0.15, -0.1) is 0 Å². The standard InChI is InChI=1S/C10H17N3O/c1-7(11)5-10(12)9-3-4-13(6-9)8(2)14/h9,11-12H,3-6H2,1-2H3. The first-order valence-electron chi connectivity index (χ1n) is 4.87. The van der Waals surface area contributed by atoms with Crippen LogP contribution >= 0.6 is 0 Å². The van der Waals surface area contributed by atoms with Gasteiger partial charge in [-0.3, -0.25) is 4.79 Å². The number of likely N-dealkylation sites (tertiary alicyclic amines) is 1. The minimum Gasteiger partial charge on any atom is -0.342 e. The summed E-state index contributed by atoms with van der Waals surface area (Å²) in [6, 6.07) is 0. The van der Waals surface area contributed by atoms with Crippen LogP contribution in [0.2, 0.25) is 0 Å².